The zero-order valence-electron chi connectivity index (χ0n) is 11.2. The number of nitro groups is 1. The number of rotatable bonds is 5. The number of alkyl halides is 3. The van der Waals surface area contributed by atoms with E-state index in [0.717, 1.165) is 17.0 Å². The van der Waals surface area contributed by atoms with Crippen molar-refractivity contribution >= 4 is 17.3 Å². The molecule has 0 unspecified atom stereocenters. The molecule has 0 aliphatic rings. The van der Waals surface area contributed by atoms with Crippen molar-refractivity contribution in [3.05, 3.63) is 33.9 Å². The molecule has 0 bridgehead atoms. The third kappa shape index (κ3) is 4.07. The number of nitrogens with zero attached hydrogens (tertiary/aromatic N) is 2. The van der Waals surface area contributed by atoms with Crippen molar-refractivity contribution in [3.63, 3.8) is 0 Å². The van der Waals surface area contributed by atoms with Crippen molar-refractivity contribution in [1.82, 2.24) is 0 Å². The van der Waals surface area contributed by atoms with Crippen LogP contribution in [0.25, 0.3) is 0 Å². The highest BCUT2D eigenvalue weighted by Gasteiger charge is 2.37. The molecule has 1 rings (SSSR count). The number of carbonyl (C=O) groups is 1. The van der Waals surface area contributed by atoms with E-state index in [2.05, 4.69) is 0 Å². The summed E-state index contributed by atoms with van der Waals surface area (Å²) in [5.74, 6) is -1.30. The number of carboxylic acids is 1. The van der Waals surface area contributed by atoms with Crippen LogP contribution in [0.3, 0.4) is 0 Å². The van der Waals surface area contributed by atoms with Gasteiger partial charge in [0.1, 0.15) is 6.54 Å². The Morgan fingerprint density at radius 3 is 2.38 bits per heavy atom. The highest BCUT2D eigenvalue weighted by atomic mass is 19.4. The van der Waals surface area contributed by atoms with Gasteiger partial charge in [-0.05, 0) is 19.9 Å². The molecule has 0 aliphatic carbocycles. The molecule has 6 nitrogen and oxygen atoms in total. The summed E-state index contributed by atoms with van der Waals surface area (Å²) < 4.78 is 39.2. The molecule has 0 amide bonds. The standard InChI is InChI=1S/C12H13F3N2O4/c1-7(2)16(6-11(18)19)10-4-3-8(17(20)21)5-9(10)12(13,14)15/h3-5,7H,6H2,1-2H3,(H,18,19). The molecule has 0 saturated heterocycles. The molecular weight excluding hydrogens is 293 g/mol. The van der Waals surface area contributed by atoms with Crippen molar-refractivity contribution in [1.29, 1.82) is 0 Å². The Bertz CT molecular complexity index is 558. The molecule has 0 spiro atoms. The number of carboxylic acid groups (broad SMARTS) is 1. The molecule has 1 N–H and O–H groups in total. The molecule has 0 radical (unpaired) electrons. The quantitative estimate of drug-likeness (QED) is 0.668. The molecule has 9 heteroatoms. The maximum absolute atomic E-state index is 13.1. The van der Waals surface area contributed by atoms with Gasteiger partial charge in [-0.3, -0.25) is 14.9 Å². The van der Waals surface area contributed by atoms with E-state index in [0.29, 0.717) is 6.07 Å². The fourth-order valence-corrected chi connectivity index (χ4v) is 1.81. The monoisotopic (exact) mass is 306 g/mol. The summed E-state index contributed by atoms with van der Waals surface area (Å²) in [7, 11) is 0. The van der Waals surface area contributed by atoms with Gasteiger partial charge in [-0.2, -0.15) is 13.2 Å². The fraction of sp³-hybridized carbons (Fsp3) is 0.417. The number of non-ortho nitro benzene ring substituents is 1. The summed E-state index contributed by atoms with van der Waals surface area (Å²) in [5, 5.41) is 19.4. The largest absolute Gasteiger partial charge is 0.480 e. The highest BCUT2D eigenvalue weighted by Crippen LogP contribution is 2.39. The predicted molar refractivity (Wildman–Crippen MR) is 68.2 cm³/mol. The number of nitro benzene ring substituents is 1. The first-order valence-electron chi connectivity index (χ1n) is 5.88. The van der Waals surface area contributed by atoms with E-state index >= 15 is 0 Å². The Morgan fingerprint density at radius 2 is 2.00 bits per heavy atom. The fourth-order valence-electron chi connectivity index (χ4n) is 1.81. The Labute approximate surface area is 117 Å². The second-order valence-electron chi connectivity index (χ2n) is 4.57. The molecule has 0 fully saturated rings. The van der Waals surface area contributed by atoms with Gasteiger partial charge in [-0.25, -0.2) is 0 Å². The number of hydrogen-bond donors (Lipinski definition) is 1. The van der Waals surface area contributed by atoms with Crippen LogP contribution in [0, 0.1) is 10.1 Å². The molecule has 116 valence electrons. The zero-order valence-corrected chi connectivity index (χ0v) is 11.2. The second-order valence-corrected chi connectivity index (χ2v) is 4.57. The van der Waals surface area contributed by atoms with E-state index in [1.54, 1.807) is 0 Å². The number of benzene rings is 1. The first kappa shape index (κ1) is 16.7. The van der Waals surface area contributed by atoms with Crippen LogP contribution in [0.1, 0.15) is 19.4 Å². The number of halogens is 3. The van der Waals surface area contributed by atoms with Crippen LogP contribution in [-0.4, -0.2) is 28.6 Å². The zero-order chi connectivity index (χ0) is 16.4. The van der Waals surface area contributed by atoms with Gasteiger partial charge >= 0.3 is 12.1 Å². The molecule has 0 aromatic heterocycles. The summed E-state index contributed by atoms with van der Waals surface area (Å²) >= 11 is 0. The second kappa shape index (κ2) is 5.98. The summed E-state index contributed by atoms with van der Waals surface area (Å²) in [6.07, 6.45) is -4.83. The van der Waals surface area contributed by atoms with E-state index in [9.17, 15) is 28.1 Å². The van der Waals surface area contributed by atoms with Gasteiger partial charge in [-0.15, -0.1) is 0 Å². The van der Waals surface area contributed by atoms with Crippen molar-refractivity contribution in [2.45, 2.75) is 26.1 Å². The number of hydrogen-bond acceptors (Lipinski definition) is 4. The van der Waals surface area contributed by atoms with Gasteiger partial charge < -0.3 is 10.0 Å². The molecule has 1 aromatic rings. The minimum absolute atomic E-state index is 0.398. The first-order valence-corrected chi connectivity index (χ1v) is 5.88. The van der Waals surface area contributed by atoms with E-state index < -0.39 is 46.6 Å². The lowest BCUT2D eigenvalue weighted by atomic mass is 10.1. The maximum Gasteiger partial charge on any atom is 0.418 e. The topological polar surface area (TPSA) is 83.7 Å². The van der Waals surface area contributed by atoms with Crippen molar-refractivity contribution in [3.8, 4) is 0 Å². The Balaban J connectivity index is 3.45. The lowest BCUT2D eigenvalue weighted by Gasteiger charge is -2.29. The summed E-state index contributed by atoms with van der Waals surface area (Å²) in [4.78, 5) is 21.5. The van der Waals surface area contributed by atoms with Gasteiger partial charge in [0.25, 0.3) is 5.69 Å². The third-order valence-corrected chi connectivity index (χ3v) is 2.73. The highest BCUT2D eigenvalue weighted by molar-refractivity contribution is 5.75. The van der Waals surface area contributed by atoms with E-state index in [1.165, 1.54) is 13.8 Å². The van der Waals surface area contributed by atoms with Crippen LogP contribution in [-0.2, 0) is 11.0 Å². The lowest BCUT2D eigenvalue weighted by Crippen LogP contribution is -2.37. The minimum atomic E-state index is -4.83. The Kier molecular flexibility index (Phi) is 4.77. The van der Waals surface area contributed by atoms with Crippen LogP contribution in [0.2, 0.25) is 0 Å². The number of aliphatic carboxylic acids is 1. The summed E-state index contributed by atoms with van der Waals surface area (Å²) in [6.45, 7) is 2.42. The van der Waals surface area contributed by atoms with Crippen LogP contribution in [0.5, 0.6) is 0 Å². The molecule has 0 saturated carbocycles. The summed E-state index contributed by atoms with van der Waals surface area (Å²) in [6, 6.07) is 1.72. The lowest BCUT2D eigenvalue weighted by molar-refractivity contribution is -0.385. The third-order valence-electron chi connectivity index (χ3n) is 2.73. The normalized spacial score (nSPS) is 11.5. The molecule has 1 aromatic carbocycles. The van der Waals surface area contributed by atoms with E-state index in [-0.39, 0.29) is 0 Å². The van der Waals surface area contributed by atoms with Crippen molar-refractivity contribution in [2.24, 2.45) is 0 Å². The van der Waals surface area contributed by atoms with Gasteiger partial charge in [0, 0.05) is 18.2 Å². The van der Waals surface area contributed by atoms with Crippen LogP contribution >= 0.6 is 0 Å². The van der Waals surface area contributed by atoms with Gasteiger partial charge in [-0.1, -0.05) is 0 Å². The van der Waals surface area contributed by atoms with Gasteiger partial charge in [0.2, 0.25) is 0 Å². The van der Waals surface area contributed by atoms with Crippen molar-refractivity contribution < 1.29 is 28.0 Å². The molecular formula is C12H13F3N2O4. The van der Waals surface area contributed by atoms with Gasteiger partial charge in [0.05, 0.1) is 16.2 Å². The molecule has 0 atom stereocenters. The molecule has 21 heavy (non-hydrogen) atoms. The minimum Gasteiger partial charge on any atom is -0.480 e. The van der Waals surface area contributed by atoms with Crippen LogP contribution in [0.15, 0.2) is 18.2 Å². The number of anilines is 1. The van der Waals surface area contributed by atoms with Crippen molar-refractivity contribution in [2.75, 3.05) is 11.4 Å². The Hall–Kier alpha value is -2.32. The van der Waals surface area contributed by atoms with Gasteiger partial charge in [0.15, 0.2) is 0 Å². The van der Waals surface area contributed by atoms with Crippen LogP contribution in [0.4, 0.5) is 24.5 Å². The Morgan fingerprint density at radius 1 is 1.43 bits per heavy atom. The first-order chi connectivity index (χ1) is 9.54. The average Bonchev–Trinajstić information content (AvgIpc) is 2.33. The average molecular weight is 306 g/mol. The van der Waals surface area contributed by atoms with Crippen LogP contribution < -0.4 is 4.90 Å². The molecule has 0 heterocycles. The SMILES string of the molecule is CC(C)N(CC(=O)O)c1ccc([N+](=O)[O-])cc1C(F)(F)F. The van der Waals surface area contributed by atoms with E-state index in [4.69, 9.17) is 5.11 Å². The smallest absolute Gasteiger partial charge is 0.418 e. The predicted octanol–water partition coefficient (Wildman–Crippen LogP) is 2.91. The molecule has 0 aliphatic heterocycles. The summed E-state index contributed by atoms with van der Waals surface area (Å²) in [5.41, 5.74) is -2.33. The van der Waals surface area contributed by atoms with E-state index in [1.807, 2.05) is 0 Å². The maximum atomic E-state index is 13.1.